The summed E-state index contributed by atoms with van der Waals surface area (Å²) in [5.74, 6) is -0.897. The summed E-state index contributed by atoms with van der Waals surface area (Å²) in [6, 6.07) is 16.5. The second-order valence-electron chi connectivity index (χ2n) is 6.77. The van der Waals surface area contributed by atoms with Crippen LogP contribution in [0.2, 0.25) is 0 Å². The van der Waals surface area contributed by atoms with E-state index in [1.165, 1.54) is 0 Å². The number of anilines is 1. The molecule has 0 saturated carbocycles. The van der Waals surface area contributed by atoms with Crippen LogP contribution in [-0.4, -0.2) is 42.4 Å². The summed E-state index contributed by atoms with van der Waals surface area (Å²) in [4.78, 5) is 38.1. The van der Waals surface area contributed by atoms with Crippen molar-refractivity contribution in [2.75, 3.05) is 25.1 Å². The number of hydrogen-bond acceptors (Lipinski definition) is 5. The zero-order chi connectivity index (χ0) is 20.6. The van der Waals surface area contributed by atoms with Gasteiger partial charge in [-0.25, -0.2) is 0 Å². The van der Waals surface area contributed by atoms with Crippen molar-refractivity contribution in [1.82, 2.24) is 4.90 Å². The third-order valence-corrected chi connectivity index (χ3v) is 4.56. The summed E-state index contributed by atoms with van der Waals surface area (Å²) < 4.78 is 10.5. The molecule has 0 bridgehead atoms. The van der Waals surface area contributed by atoms with Gasteiger partial charge in [-0.2, -0.15) is 0 Å². The average Bonchev–Trinajstić information content (AvgIpc) is 3.09. The van der Waals surface area contributed by atoms with Gasteiger partial charge in [0.05, 0.1) is 12.5 Å². The lowest BCUT2D eigenvalue weighted by molar-refractivity contribution is -0.151. The van der Waals surface area contributed by atoms with E-state index in [1.807, 2.05) is 37.3 Å². The van der Waals surface area contributed by atoms with Crippen molar-refractivity contribution in [3.8, 4) is 5.75 Å². The van der Waals surface area contributed by atoms with Gasteiger partial charge in [0.2, 0.25) is 5.91 Å². The van der Waals surface area contributed by atoms with E-state index in [0.717, 1.165) is 5.56 Å². The van der Waals surface area contributed by atoms with Crippen molar-refractivity contribution in [3.63, 3.8) is 0 Å². The Bertz CT molecular complexity index is 851. The van der Waals surface area contributed by atoms with Crippen LogP contribution in [0.25, 0.3) is 0 Å². The van der Waals surface area contributed by atoms with Crippen LogP contribution in [0.15, 0.2) is 54.6 Å². The maximum atomic E-state index is 12.3. The predicted octanol–water partition coefficient (Wildman–Crippen LogP) is 2.62. The van der Waals surface area contributed by atoms with Gasteiger partial charge in [-0.1, -0.05) is 30.3 Å². The summed E-state index contributed by atoms with van der Waals surface area (Å²) in [5.41, 5.74) is 1.59. The molecule has 7 nitrogen and oxygen atoms in total. The normalized spacial score (nSPS) is 15.8. The third-order valence-electron chi connectivity index (χ3n) is 4.56. The highest BCUT2D eigenvalue weighted by Gasteiger charge is 2.35. The molecule has 1 aliphatic heterocycles. The molecule has 7 heteroatoms. The lowest BCUT2D eigenvalue weighted by Gasteiger charge is -2.16. The molecule has 1 aliphatic rings. The van der Waals surface area contributed by atoms with Gasteiger partial charge in [-0.05, 0) is 36.8 Å². The molecule has 0 unspecified atom stereocenters. The summed E-state index contributed by atoms with van der Waals surface area (Å²) in [5, 5.41) is 2.66. The van der Waals surface area contributed by atoms with Gasteiger partial charge in [0, 0.05) is 25.2 Å². The molecule has 2 amide bonds. The van der Waals surface area contributed by atoms with Gasteiger partial charge >= 0.3 is 5.97 Å². The number of benzene rings is 2. The lowest BCUT2D eigenvalue weighted by Crippen LogP contribution is -2.28. The van der Waals surface area contributed by atoms with Crippen molar-refractivity contribution >= 4 is 23.5 Å². The largest absolute Gasteiger partial charge is 0.494 e. The van der Waals surface area contributed by atoms with Crippen LogP contribution in [0.5, 0.6) is 5.75 Å². The molecule has 1 heterocycles. The van der Waals surface area contributed by atoms with Crippen molar-refractivity contribution in [1.29, 1.82) is 0 Å². The third kappa shape index (κ3) is 5.81. The lowest BCUT2D eigenvalue weighted by atomic mass is 10.1. The monoisotopic (exact) mass is 396 g/mol. The minimum Gasteiger partial charge on any atom is -0.494 e. The summed E-state index contributed by atoms with van der Waals surface area (Å²) in [6.45, 7) is 2.82. The molecule has 3 rings (SSSR count). The van der Waals surface area contributed by atoms with Gasteiger partial charge in [0.15, 0.2) is 6.61 Å². The standard InChI is InChI=1S/C22H24N2O5/c1-2-28-19-10-8-18(9-11-19)23-20(25)15-29-22(27)17-12-21(26)24(14-17)13-16-6-4-3-5-7-16/h3-11,17H,2,12-15H2,1H3,(H,23,25)/t17-/m1/s1. The Hall–Kier alpha value is -3.35. The fourth-order valence-corrected chi connectivity index (χ4v) is 3.14. The first-order valence-electron chi connectivity index (χ1n) is 9.56. The molecule has 0 radical (unpaired) electrons. The Kier molecular flexibility index (Phi) is 6.84. The van der Waals surface area contributed by atoms with Crippen molar-refractivity contribution in [2.24, 2.45) is 5.92 Å². The number of hydrogen-bond donors (Lipinski definition) is 1. The molecule has 2 aromatic rings. The van der Waals surface area contributed by atoms with Crippen LogP contribution in [0.1, 0.15) is 18.9 Å². The molecule has 1 fully saturated rings. The molecular weight excluding hydrogens is 372 g/mol. The first-order valence-corrected chi connectivity index (χ1v) is 9.56. The minimum atomic E-state index is -0.551. The number of carbonyl (C=O) groups excluding carboxylic acids is 3. The van der Waals surface area contributed by atoms with Crippen LogP contribution in [0, 0.1) is 5.92 Å². The molecular formula is C22H24N2O5. The molecule has 152 valence electrons. The van der Waals surface area contributed by atoms with E-state index < -0.39 is 24.4 Å². The Labute approximate surface area is 169 Å². The van der Waals surface area contributed by atoms with Crippen molar-refractivity contribution < 1.29 is 23.9 Å². The topological polar surface area (TPSA) is 84.9 Å². The molecule has 2 aromatic carbocycles. The van der Waals surface area contributed by atoms with Crippen molar-refractivity contribution in [3.05, 3.63) is 60.2 Å². The first kappa shape index (κ1) is 20.4. The van der Waals surface area contributed by atoms with E-state index in [4.69, 9.17) is 9.47 Å². The zero-order valence-electron chi connectivity index (χ0n) is 16.3. The SMILES string of the molecule is CCOc1ccc(NC(=O)COC(=O)[C@@H]2CC(=O)N(Cc3ccccc3)C2)cc1. The number of ether oxygens (including phenoxy) is 2. The van der Waals surface area contributed by atoms with E-state index in [1.54, 1.807) is 29.2 Å². The molecule has 1 N–H and O–H groups in total. The average molecular weight is 396 g/mol. The maximum Gasteiger partial charge on any atom is 0.311 e. The molecule has 0 aliphatic carbocycles. The van der Waals surface area contributed by atoms with Crippen LogP contribution in [0.3, 0.4) is 0 Å². The van der Waals surface area contributed by atoms with Crippen molar-refractivity contribution in [2.45, 2.75) is 19.9 Å². The Morgan fingerprint density at radius 1 is 1.10 bits per heavy atom. The number of rotatable bonds is 8. The van der Waals surface area contributed by atoms with E-state index in [9.17, 15) is 14.4 Å². The summed E-state index contributed by atoms with van der Waals surface area (Å²) in [7, 11) is 0. The van der Waals surface area contributed by atoms with Gasteiger partial charge in [-0.3, -0.25) is 14.4 Å². The van der Waals surface area contributed by atoms with E-state index in [0.29, 0.717) is 31.1 Å². The van der Waals surface area contributed by atoms with Gasteiger partial charge < -0.3 is 19.7 Å². The van der Waals surface area contributed by atoms with Crippen LogP contribution in [-0.2, 0) is 25.7 Å². The number of nitrogens with one attached hydrogen (secondary N) is 1. The fourth-order valence-electron chi connectivity index (χ4n) is 3.14. The molecule has 0 spiro atoms. The number of nitrogens with zero attached hydrogens (tertiary/aromatic N) is 1. The van der Waals surface area contributed by atoms with E-state index >= 15 is 0 Å². The number of esters is 1. The second kappa shape index (κ2) is 9.73. The minimum absolute atomic E-state index is 0.0883. The summed E-state index contributed by atoms with van der Waals surface area (Å²) >= 11 is 0. The number of likely N-dealkylation sites (tertiary alicyclic amines) is 1. The highest BCUT2D eigenvalue weighted by atomic mass is 16.5. The Morgan fingerprint density at radius 3 is 2.52 bits per heavy atom. The van der Waals surface area contributed by atoms with Gasteiger partial charge in [0.25, 0.3) is 5.91 Å². The fraction of sp³-hybridized carbons (Fsp3) is 0.318. The quantitative estimate of drug-likeness (QED) is 0.694. The summed E-state index contributed by atoms with van der Waals surface area (Å²) in [6.07, 6.45) is 0.103. The first-order chi connectivity index (χ1) is 14.0. The highest BCUT2D eigenvalue weighted by Crippen LogP contribution is 2.21. The number of carbonyl (C=O) groups is 3. The zero-order valence-corrected chi connectivity index (χ0v) is 16.3. The smallest absolute Gasteiger partial charge is 0.311 e. The predicted molar refractivity (Wildman–Crippen MR) is 107 cm³/mol. The van der Waals surface area contributed by atoms with E-state index in [-0.39, 0.29) is 12.3 Å². The van der Waals surface area contributed by atoms with Crippen LogP contribution in [0.4, 0.5) is 5.69 Å². The Morgan fingerprint density at radius 2 is 1.83 bits per heavy atom. The number of amides is 2. The highest BCUT2D eigenvalue weighted by molar-refractivity contribution is 5.93. The molecule has 0 aromatic heterocycles. The molecule has 1 saturated heterocycles. The molecule has 1 atom stereocenters. The van der Waals surface area contributed by atoms with Gasteiger partial charge in [0.1, 0.15) is 5.75 Å². The Balaban J connectivity index is 1.44. The van der Waals surface area contributed by atoms with Crippen LogP contribution < -0.4 is 10.1 Å². The second-order valence-corrected chi connectivity index (χ2v) is 6.77. The maximum absolute atomic E-state index is 12.3. The molecule has 29 heavy (non-hydrogen) atoms. The van der Waals surface area contributed by atoms with E-state index in [2.05, 4.69) is 5.32 Å². The van der Waals surface area contributed by atoms with Crippen LogP contribution >= 0.6 is 0 Å². The van der Waals surface area contributed by atoms with Gasteiger partial charge in [-0.15, -0.1) is 0 Å².